The van der Waals surface area contributed by atoms with Crippen molar-refractivity contribution in [3.63, 3.8) is 0 Å². The first-order valence-electron chi connectivity index (χ1n) is 8.92. The van der Waals surface area contributed by atoms with Crippen LogP contribution in [0, 0.1) is 0 Å². The first-order valence-corrected chi connectivity index (χ1v) is 8.92. The SMILES string of the molecule is O=c1[nH]c(-c2cncnc2)nc2c1CCN(Cc1ccc3[nH]ccc3c1)C2. The van der Waals surface area contributed by atoms with E-state index in [4.69, 9.17) is 4.98 Å². The van der Waals surface area contributed by atoms with Crippen molar-refractivity contribution in [1.29, 1.82) is 0 Å². The summed E-state index contributed by atoms with van der Waals surface area (Å²) in [4.78, 5) is 33.6. The summed E-state index contributed by atoms with van der Waals surface area (Å²) >= 11 is 0. The molecule has 1 aliphatic heterocycles. The van der Waals surface area contributed by atoms with Gasteiger partial charge < -0.3 is 9.97 Å². The molecular formula is C20H18N6O. The van der Waals surface area contributed by atoms with Crippen LogP contribution >= 0.6 is 0 Å². The summed E-state index contributed by atoms with van der Waals surface area (Å²) < 4.78 is 0. The molecule has 0 bridgehead atoms. The summed E-state index contributed by atoms with van der Waals surface area (Å²) in [6.07, 6.45) is 7.43. The van der Waals surface area contributed by atoms with E-state index in [2.05, 4.69) is 49.1 Å². The molecule has 27 heavy (non-hydrogen) atoms. The van der Waals surface area contributed by atoms with Gasteiger partial charge in [-0.2, -0.15) is 0 Å². The molecule has 1 aliphatic rings. The number of benzene rings is 1. The molecule has 0 unspecified atom stereocenters. The third kappa shape index (κ3) is 3.02. The minimum Gasteiger partial charge on any atom is -0.361 e. The maximum absolute atomic E-state index is 12.5. The Morgan fingerprint density at radius 1 is 1.15 bits per heavy atom. The van der Waals surface area contributed by atoms with E-state index in [-0.39, 0.29) is 5.56 Å². The molecule has 4 heterocycles. The van der Waals surface area contributed by atoms with E-state index in [0.717, 1.165) is 29.9 Å². The smallest absolute Gasteiger partial charge is 0.254 e. The van der Waals surface area contributed by atoms with Gasteiger partial charge in [0.15, 0.2) is 0 Å². The van der Waals surface area contributed by atoms with Crippen molar-refractivity contribution >= 4 is 10.9 Å². The lowest BCUT2D eigenvalue weighted by molar-refractivity contribution is 0.240. The summed E-state index contributed by atoms with van der Waals surface area (Å²) in [6.45, 7) is 2.33. The molecule has 5 rings (SSSR count). The molecule has 0 saturated carbocycles. The second-order valence-corrected chi connectivity index (χ2v) is 6.83. The molecule has 0 radical (unpaired) electrons. The van der Waals surface area contributed by atoms with E-state index in [1.807, 2.05) is 6.20 Å². The van der Waals surface area contributed by atoms with Crippen LogP contribution in [0.1, 0.15) is 16.8 Å². The molecule has 0 atom stereocenters. The maximum atomic E-state index is 12.5. The molecule has 4 aromatic rings. The Morgan fingerprint density at radius 3 is 2.93 bits per heavy atom. The Morgan fingerprint density at radius 2 is 2.04 bits per heavy atom. The first kappa shape index (κ1) is 15.9. The zero-order chi connectivity index (χ0) is 18.2. The van der Waals surface area contributed by atoms with Gasteiger partial charge in [0.1, 0.15) is 12.2 Å². The maximum Gasteiger partial charge on any atom is 0.254 e. The Labute approximate surface area is 155 Å². The molecule has 1 aromatic carbocycles. The summed E-state index contributed by atoms with van der Waals surface area (Å²) in [7, 11) is 0. The average Bonchev–Trinajstić information content (AvgIpc) is 3.16. The third-order valence-electron chi connectivity index (χ3n) is 5.01. The number of hydrogen-bond donors (Lipinski definition) is 2. The van der Waals surface area contributed by atoms with Crippen LogP contribution in [0.3, 0.4) is 0 Å². The highest BCUT2D eigenvalue weighted by molar-refractivity contribution is 5.79. The van der Waals surface area contributed by atoms with Gasteiger partial charge in [0, 0.05) is 49.3 Å². The van der Waals surface area contributed by atoms with E-state index >= 15 is 0 Å². The molecule has 0 spiro atoms. The average molecular weight is 358 g/mol. The molecule has 3 aromatic heterocycles. The highest BCUT2D eigenvalue weighted by Gasteiger charge is 2.21. The Bertz CT molecular complexity index is 1160. The van der Waals surface area contributed by atoms with Gasteiger partial charge in [0.05, 0.1) is 11.3 Å². The van der Waals surface area contributed by atoms with Crippen molar-refractivity contribution in [2.45, 2.75) is 19.5 Å². The van der Waals surface area contributed by atoms with Crippen LogP contribution in [-0.2, 0) is 19.5 Å². The first-order chi connectivity index (χ1) is 13.3. The van der Waals surface area contributed by atoms with E-state index in [1.165, 1.54) is 17.3 Å². The van der Waals surface area contributed by atoms with Crippen LogP contribution < -0.4 is 5.56 Å². The Kier molecular flexibility index (Phi) is 3.79. The summed E-state index contributed by atoms with van der Waals surface area (Å²) in [5, 5.41) is 1.21. The highest BCUT2D eigenvalue weighted by Crippen LogP contribution is 2.21. The number of rotatable bonds is 3. The lowest BCUT2D eigenvalue weighted by Gasteiger charge is -2.27. The van der Waals surface area contributed by atoms with E-state index in [9.17, 15) is 4.79 Å². The van der Waals surface area contributed by atoms with E-state index in [0.29, 0.717) is 24.4 Å². The number of hydrogen-bond acceptors (Lipinski definition) is 5. The zero-order valence-electron chi connectivity index (χ0n) is 14.6. The van der Waals surface area contributed by atoms with Gasteiger partial charge in [-0.25, -0.2) is 15.0 Å². The minimum absolute atomic E-state index is 0.0627. The number of H-pyrrole nitrogens is 2. The summed E-state index contributed by atoms with van der Waals surface area (Å²) in [5.41, 5.74) is 4.68. The molecule has 0 aliphatic carbocycles. The van der Waals surface area contributed by atoms with Crippen molar-refractivity contribution in [1.82, 2.24) is 29.8 Å². The fraction of sp³-hybridized carbons (Fsp3) is 0.200. The van der Waals surface area contributed by atoms with Gasteiger partial charge in [0.25, 0.3) is 5.56 Å². The summed E-state index contributed by atoms with van der Waals surface area (Å²) in [5.74, 6) is 0.523. The largest absolute Gasteiger partial charge is 0.361 e. The Hall–Kier alpha value is -3.32. The standard InChI is InChI=1S/C20H18N6O/c27-20-16-4-6-26(10-13-1-2-17-14(7-13)3-5-23-17)11-18(16)24-19(25-20)15-8-21-12-22-9-15/h1-3,5,7-9,12,23H,4,6,10-11H2,(H,24,25,27). The Balaban J connectivity index is 1.42. The van der Waals surface area contributed by atoms with Gasteiger partial charge in [-0.15, -0.1) is 0 Å². The van der Waals surface area contributed by atoms with Crippen LogP contribution in [0.4, 0.5) is 0 Å². The van der Waals surface area contributed by atoms with Gasteiger partial charge in [0.2, 0.25) is 0 Å². The molecule has 2 N–H and O–H groups in total. The van der Waals surface area contributed by atoms with Crippen molar-refractivity contribution in [3.8, 4) is 11.4 Å². The van der Waals surface area contributed by atoms with E-state index < -0.39 is 0 Å². The number of nitrogens with one attached hydrogen (secondary N) is 2. The van der Waals surface area contributed by atoms with Gasteiger partial charge in [-0.05, 0) is 35.6 Å². The zero-order valence-corrected chi connectivity index (χ0v) is 14.6. The van der Waals surface area contributed by atoms with Crippen molar-refractivity contribution in [2.24, 2.45) is 0 Å². The topological polar surface area (TPSA) is 90.6 Å². The van der Waals surface area contributed by atoms with Crippen molar-refractivity contribution in [3.05, 3.63) is 76.4 Å². The quantitative estimate of drug-likeness (QED) is 0.586. The highest BCUT2D eigenvalue weighted by atomic mass is 16.1. The lowest BCUT2D eigenvalue weighted by atomic mass is 10.0. The second kappa shape index (κ2) is 6.44. The molecule has 0 saturated heterocycles. The van der Waals surface area contributed by atoms with E-state index in [1.54, 1.807) is 12.4 Å². The van der Waals surface area contributed by atoms with Crippen LogP contribution in [0.15, 0.2) is 54.0 Å². The fourth-order valence-corrected chi connectivity index (χ4v) is 3.65. The van der Waals surface area contributed by atoms with Crippen LogP contribution in [0.25, 0.3) is 22.3 Å². The lowest BCUT2D eigenvalue weighted by Crippen LogP contribution is -2.35. The molecule has 134 valence electrons. The number of nitrogens with zero attached hydrogens (tertiary/aromatic N) is 4. The molecule has 0 amide bonds. The summed E-state index contributed by atoms with van der Waals surface area (Å²) in [6, 6.07) is 8.55. The predicted molar refractivity (Wildman–Crippen MR) is 102 cm³/mol. The van der Waals surface area contributed by atoms with Gasteiger partial charge in [-0.1, -0.05) is 6.07 Å². The van der Waals surface area contributed by atoms with Crippen LogP contribution in [0.2, 0.25) is 0 Å². The molecule has 7 heteroatoms. The number of aromatic amines is 2. The molecule has 0 fully saturated rings. The third-order valence-corrected chi connectivity index (χ3v) is 5.01. The normalized spacial score (nSPS) is 14.4. The fourth-order valence-electron chi connectivity index (χ4n) is 3.65. The van der Waals surface area contributed by atoms with Crippen LogP contribution in [-0.4, -0.2) is 36.4 Å². The number of aromatic nitrogens is 5. The molecule has 7 nitrogen and oxygen atoms in total. The van der Waals surface area contributed by atoms with Crippen LogP contribution in [0.5, 0.6) is 0 Å². The molecular weight excluding hydrogens is 340 g/mol. The van der Waals surface area contributed by atoms with Gasteiger partial charge >= 0.3 is 0 Å². The predicted octanol–water partition coefficient (Wildman–Crippen LogP) is 2.27. The second-order valence-electron chi connectivity index (χ2n) is 6.83. The monoisotopic (exact) mass is 358 g/mol. The minimum atomic E-state index is -0.0627. The van der Waals surface area contributed by atoms with Gasteiger partial charge in [-0.3, -0.25) is 9.69 Å². The number of fused-ring (bicyclic) bond motifs is 2. The van der Waals surface area contributed by atoms with Crippen molar-refractivity contribution < 1.29 is 0 Å². The van der Waals surface area contributed by atoms with Crippen molar-refractivity contribution in [2.75, 3.05) is 6.54 Å².